The van der Waals surface area contributed by atoms with Gasteiger partial charge in [-0.3, -0.25) is 4.79 Å². The molecule has 0 unspecified atom stereocenters. The first-order chi connectivity index (χ1) is 10.8. The number of fused-ring (bicyclic) bond motifs is 1. The molecule has 6 heteroatoms. The summed E-state index contributed by atoms with van der Waals surface area (Å²) in [5, 5.41) is 0. The van der Waals surface area contributed by atoms with Crippen LogP contribution in [0.15, 0.2) is 41.5 Å². The first-order valence-electron chi connectivity index (χ1n) is 6.92. The second-order valence-corrected chi connectivity index (χ2v) is 6.40. The van der Waals surface area contributed by atoms with Gasteiger partial charge in [0, 0.05) is 11.1 Å². The average molecular weight is 377 g/mol. The van der Waals surface area contributed by atoms with E-state index in [0.717, 1.165) is 5.56 Å². The molecule has 1 aromatic carbocycles. The molecule has 1 aliphatic heterocycles. The summed E-state index contributed by atoms with van der Waals surface area (Å²) in [5.74, 6) is -0.269. The molecule has 118 valence electrons. The van der Waals surface area contributed by atoms with Crippen molar-refractivity contribution in [3.63, 3.8) is 0 Å². The number of carbonyl (C=O) groups is 1. The molecule has 23 heavy (non-hydrogen) atoms. The van der Waals surface area contributed by atoms with E-state index in [1.807, 2.05) is 0 Å². The van der Waals surface area contributed by atoms with Gasteiger partial charge in [-0.05, 0) is 46.6 Å². The monoisotopic (exact) mass is 376 g/mol. The number of aromatic nitrogens is 1. The van der Waals surface area contributed by atoms with Crippen molar-refractivity contribution in [2.24, 2.45) is 5.73 Å². The predicted octanol–water partition coefficient (Wildman–Crippen LogP) is 3.18. The van der Waals surface area contributed by atoms with E-state index in [1.54, 1.807) is 25.1 Å². The van der Waals surface area contributed by atoms with Crippen molar-refractivity contribution in [1.29, 1.82) is 0 Å². The third kappa shape index (κ3) is 2.53. The lowest BCUT2D eigenvalue weighted by Gasteiger charge is -2.18. The molecule has 2 aromatic rings. The second kappa shape index (κ2) is 5.45. The van der Waals surface area contributed by atoms with Crippen LogP contribution in [0.5, 0.6) is 5.75 Å². The lowest BCUT2D eigenvalue weighted by molar-refractivity contribution is -0.123. The molecule has 2 N–H and O–H groups in total. The van der Waals surface area contributed by atoms with Gasteiger partial charge in [-0.15, -0.1) is 0 Å². The molecule has 0 saturated heterocycles. The lowest BCUT2D eigenvalue weighted by atomic mass is 9.83. The number of pyridine rings is 1. The summed E-state index contributed by atoms with van der Waals surface area (Å²) in [7, 11) is 0. The Labute approximate surface area is 141 Å². The van der Waals surface area contributed by atoms with Crippen LogP contribution < -0.4 is 10.5 Å². The Kier molecular flexibility index (Phi) is 3.72. The van der Waals surface area contributed by atoms with Crippen molar-refractivity contribution in [2.75, 3.05) is 6.61 Å². The van der Waals surface area contributed by atoms with Crippen molar-refractivity contribution in [1.82, 2.24) is 4.98 Å². The van der Waals surface area contributed by atoms with Crippen LogP contribution >= 0.6 is 15.9 Å². The molecule has 2 heterocycles. The number of carbonyl (C=O) groups excluding carboxylic acids is 1. The van der Waals surface area contributed by atoms with Crippen molar-refractivity contribution in [3.8, 4) is 5.75 Å². The van der Waals surface area contributed by atoms with E-state index in [1.165, 1.54) is 12.1 Å². The minimum absolute atomic E-state index is 0.171. The fourth-order valence-corrected chi connectivity index (χ4v) is 3.02. The third-order valence-electron chi connectivity index (χ3n) is 4.08. The summed E-state index contributed by atoms with van der Waals surface area (Å²) in [6.45, 7) is 5.93. The van der Waals surface area contributed by atoms with Crippen LogP contribution in [0.1, 0.15) is 23.7 Å². The lowest BCUT2D eigenvalue weighted by Crippen LogP contribution is -2.39. The number of benzene rings is 1. The largest absolute Gasteiger partial charge is 0.489 e. The molecule has 1 amide bonds. The molecule has 4 nitrogen and oxygen atoms in total. The zero-order valence-electron chi connectivity index (χ0n) is 12.4. The maximum atomic E-state index is 13.1. The van der Waals surface area contributed by atoms with Gasteiger partial charge in [0.05, 0.1) is 5.69 Å². The van der Waals surface area contributed by atoms with Crippen LogP contribution in [-0.4, -0.2) is 17.5 Å². The van der Waals surface area contributed by atoms with Crippen molar-refractivity contribution in [3.05, 3.63) is 64.2 Å². The average Bonchev–Trinajstić information content (AvgIpc) is 2.87. The number of halogens is 2. The first kappa shape index (κ1) is 15.7. The number of hydrogen-bond acceptors (Lipinski definition) is 3. The number of rotatable bonds is 3. The molecular formula is C17H14BrFN2O2. The van der Waals surface area contributed by atoms with Gasteiger partial charge >= 0.3 is 0 Å². The Hall–Kier alpha value is -2.21. The predicted molar refractivity (Wildman–Crippen MR) is 88.5 cm³/mol. The van der Waals surface area contributed by atoms with Gasteiger partial charge in [0.1, 0.15) is 22.4 Å². The van der Waals surface area contributed by atoms with Crippen molar-refractivity contribution >= 4 is 27.4 Å². The van der Waals surface area contributed by atoms with E-state index in [0.29, 0.717) is 27.2 Å². The summed E-state index contributed by atoms with van der Waals surface area (Å²) < 4.78 is 19.1. The highest BCUT2D eigenvalue weighted by Crippen LogP contribution is 2.43. The molecule has 0 radical (unpaired) electrons. The minimum Gasteiger partial charge on any atom is -0.489 e. The van der Waals surface area contributed by atoms with E-state index in [4.69, 9.17) is 10.5 Å². The van der Waals surface area contributed by atoms with Crippen LogP contribution in [-0.2, 0) is 10.2 Å². The van der Waals surface area contributed by atoms with Crippen molar-refractivity contribution < 1.29 is 13.9 Å². The van der Waals surface area contributed by atoms with E-state index < -0.39 is 11.3 Å². The first-order valence-corrected chi connectivity index (χ1v) is 7.71. The third-order valence-corrected chi connectivity index (χ3v) is 4.61. The Balaban J connectivity index is 2.09. The normalized spacial score (nSPS) is 19.1. The Morgan fingerprint density at radius 2 is 2.09 bits per heavy atom. The molecule has 3 rings (SSSR count). The summed E-state index contributed by atoms with van der Waals surface area (Å²) in [6, 6.07) is 7.73. The SMILES string of the molecule is C=C(c1ccc(F)cc1)c1cc2c(c(Br)n1)OC[C@]2(C)C(N)=O. The maximum absolute atomic E-state index is 13.1. The Morgan fingerprint density at radius 3 is 2.70 bits per heavy atom. The number of amides is 1. The Bertz CT molecular complexity index is 820. The molecule has 1 aromatic heterocycles. The minimum atomic E-state index is -0.918. The molecule has 1 atom stereocenters. The van der Waals surface area contributed by atoms with Crippen LogP contribution in [0, 0.1) is 5.82 Å². The van der Waals surface area contributed by atoms with Gasteiger partial charge < -0.3 is 10.5 Å². The molecule has 0 bridgehead atoms. The molecular weight excluding hydrogens is 363 g/mol. The standard InChI is InChI=1S/C17H14BrFN2O2/c1-9(10-3-5-11(19)6-4-10)13-7-12-14(15(18)21-13)23-8-17(12,2)16(20)22/h3-7H,1,8H2,2H3,(H2,20,22)/t17-/m0/s1. The van der Waals surface area contributed by atoms with Gasteiger partial charge in [-0.1, -0.05) is 18.7 Å². The van der Waals surface area contributed by atoms with Gasteiger partial charge in [-0.25, -0.2) is 9.37 Å². The van der Waals surface area contributed by atoms with Crippen LogP contribution in [0.3, 0.4) is 0 Å². The fourth-order valence-electron chi connectivity index (χ4n) is 2.50. The number of hydrogen-bond donors (Lipinski definition) is 1. The highest BCUT2D eigenvalue weighted by molar-refractivity contribution is 9.10. The molecule has 0 fully saturated rings. The van der Waals surface area contributed by atoms with Gasteiger partial charge in [0.2, 0.25) is 5.91 Å². The highest BCUT2D eigenvalue weighted by atomic mass is 79.9. The van der Waals surface area contributed by atoms with E-state index >= 15 is 0 Å². The number of primary amides is 1. The van der Waals surface area contributed by atoms with Crippen LogP contribution in [0.2, 0.25) is 0 Å². The smallest absolute Gasteiger partial charge is 0.231 e. The van der Waals surface area contributed by atoms with Crippen LogP contribution in [0.25, 0.3) is 5.57 Å². The zero-order chi connectivity index (χ0) is 16.8. The van der Waals surface area contributed by atoms with Gasteiger partial charge in [0.25, 0.3) is 0 Å². The summed E-state index contributed by atoms with van der Waals surface area (Å²) in [6.07, 6.45) is 0. The van der Waals surface area contributed by atoms with Crippen molar-refractivity contribution in [2.45, 2.75) is 12.3 Å². The zero-order valence-corrected chi connectivity index (χ0v) is 14.0. The summed E-state index contributed by atoms with van der Waals surface area (Å²) in [4.78, 5) is 16.2. The number of ether oxygens (including phenoxy) is 1. The Morgan fingerprint density at radius 1 is 1.43 bits per heavy atom. The number of nitrogens with two attached hydrogens (primary N) is 1. The topological polar surface area (TPSA) is 65.2 Å². The molecule has 0 aliphatic carbocycles. The summed E-state index contributed by atoms with van der Waals surface area (Å²) >= 11 is 3.36. The summed E-state index contributed by atoms with van der Waals surface area (Å²) in [5.41, 5.74) is 7.21. The van der Waals surface area contributed by atoms with E-state index in [-0.39, 0.29) is 12.4 Å². The highest BCUT2D eigenvalue weighted by Gasteiger charge is 2.43. The van der Waals surface area contributed by atoms with Gasteiger partial charge in [-0.2, -0.15) is 0 Å². The van der Waals surface area contributed by atoms with E-state index in [2.05, 4.69) is 27.5 Å². The molecule has 0 spiro atoms. The fraction of sp³-hybridized carbons (Fsp3) is 0.176. The van der Waals surface area contributed by atoms with E-state index in [9.17, 15) is 9.18 Å². The molecule has 1 aliphatic rings. The quantitative estimate of drug-likeness (QED) is 0.836. The van der Waals surface area contributed by atoms with Gasteiger partial charge in [0.15, 0.2) is 5.75 Å². The second-order valence-electron chi connectivity index (χ2n) is 5.65. The molecule has 0 saturated carbocycles. The van der Waals surface area contributed by atoms with Crippen LogP contribution in [0.4, 0.5) is 4.39 Å². The maximum Gasteiger partial charge on any atom is 0.231 e. The number of nitrogens with zero attached hydrogens (tertiary/aromatic N) is 1.